The molecule has 1 aromatic heterocycles. The molecule has 0 unspecified atom stereocenters. The van der Waals surface area contributed by atoms with E-state index in [1.165, 1.54) is 5.56 Å². The highest BCUT2D eigenvalue weighted by atomic mass is 16.2. The number of pyridine rings is 1. The van der Waals surface area contributed by atoms with E-state index < -0.39 is 11.8 Å². The maximum atomic E-state index is 12.1. The molecule has 1 aliphatic rings. The number of likely N-dealkylation sites (tertiary alicyclic amines) is 1. The Morgan fingerprint density at radius 1 is 1.08 bits per heavy atom. The minimum Gasteiger partial charge on any atom is -0.345 e. The molecule has 1 saturated heterocycles. The molecule has 6 nitrogen and oxygen atoms in total. The van der Waals surface area contributed by atoms with E-state index in [-0.39, 0.29) is 6.04 Å². The van der Waals surface area contributed by atoms with Crippen LogP contribution in [-0.4, -0.2) is 40.8 Å². The molecule has 0 bridgehead atoms. The number of piperidine rings is 1. The van der Waals surface area contributed by atoms with Crippen molar-refractivity contribution in [1.29, 1.82) is 0 Å². The van der Waals surface area contributed by atoms with E-state index in [1.54, 1.807) is 12.3 Å². The van der Waals surface area contributed by atoms with Gasteiger partial charge in [-0.25, -0.2) is 4.98 Å². The summed E-state index contributed by atoms with van der Waals surface area (Å²) in [6, 6.07) is 13.9. The van der Waals surface area contributed by atoms with Gasteiger partial charge in [0.2, 0.25) is 0 Å². The van der Waals surface area contributed by atoms with Crippen molar-refractivity contribution in [3.63, 3.8) is 0 Å². The zero-order valence-corrected chi connectivity index (χ0v) is 14.9. The summed E-state index contributed by atoms with van der Waals surface area (Å²) in [5.41, 5.74) is 2.29. The first kappa shape index (κ1) is 18.1. The molecular formula is C20H24N4O2. The van der Waals surface area contributed by atoms with E-state index in [4.69, 9.17) is 0 Å². The van der Waals surface area contributed by atoms with Crippen molar-refractivity contribution in [2.75, 3.05) is 18.4 Å². The Labute approximate surface area is 153 Å². The molecule has 6 heteroatoms. The number of anilines is 1. The second-order valence-electron chi connectivity index (χ2n) is 6.68. The highest BCUT2D eigenvalue weighted by molar-refractivity contribution is 6.39. The van der Waals surface area contributed by atoms with Crippen LogP contribution in [0, 0.1) is 6.92 Å². The molecular weight excluding hydrogens is 328 g/mol. The van der Waals surface area contributed by atoms with Gasteiger partial charge in [0.15, 0.2) is 0 Å². The number of carbonyl (C=O) groups is 2. The van der Waals surface area contributed by atoms with Crippen molar-refractivity contribution < 1.29 is 9.59 Å². The van der Waals surface area contributed by atoms with Crippen LogP contribution in [0.4, 0.5) is 5.82 Å². The Morgan fingerprint density at radius 3 is 2.46 bits per heavy atom. The van der Waals surface area contributed by atoms with E-state index in [1.807, 2.05) is 31.2 Å². The monoisotopic (exact) mass is 352 g/mol. The number of carbonyl (C=O) groups excluding carboxylic acids is 2. The molecule has 2 aromatic rings. The molecule has 0 radical (unpaired) electrons. The van der Waals surface area contributed by atoms with Gasteiger partial charge in [-0.05, 0) is 37.0 Å². The molecule has 136 valence electrons. The average Bonchev–Trinajstić information content (AvgIpc) is 2.66. The average molecular weight is 352 g/mol. The quantitative estimate of drug-likeness (QED) is 0.827. The van der Waals surface area contributed by atoms with Gasteiger partial charge in [0, 0.05) is 31.9 Å². The molecule has 0 saturated carbocycles. The van der Waals surface area contributed by atoms with Crippen molar-refractivity contribution in [1.82, 2.24) is 15.2 Å². The molecule has 0 aliphatic carbocycles. The molecule has 1 aromatic carbocycles. The van der Waals surface area contributed by atoms with Crippen LogP contribution >= 0.6 is 0 Å². The van der Waals surface area contributed by atoms with Crippen LogP contribution in [0.15, 0.2) is 48.7 Å². The third-order valence-electron chi connectivity index (χ3n) is 4.53. The lowest BCUT2D eigenvalue weighted by molar-refractivity contribution is -0.136. The van der Waals surface area contributed by atoms with Crippen LogP contribution in [0.25, 0.3) is 0 Å². The van der Waals surface area contributed by atoms with Gasteiger partial charge in [-0.3, -0.25) is 14.5 Å². The number of nitrogens with one attached hydrogen (secondary N) is 2. The summed E-state index contributed by atoms with van der Waals surface area (Å²) in [5, 5.41) is 5.36. The highest BCUT2D eigenvalue weighted by Gasteiger charge is 2.23. The Hall–Kier alpha value is -2.73. The summed E-state index contributed by atoms with van der Waals surface area (Å²) >= 11 is 0. The largest absolute Gasteiger partial charge is 0.345 e. The van der Waals surface area contributed by atoms with Crippen LogP contribution in [0.3, 0.4) is 0 Å². The fourth-order valence-electron chi connectivity index (χ4n) is 3.04. The maximum Gasteiger partial charge on any atom is 0.314 e. The van der Waals surface area contributed by atoms with Crippen LogP contribution in [0.2, 0.25) is 0 Å². The summed E-state index contributed by atoms with van der Waals surface area (Å²) in [6.07, 6.45) is 3.33. The summed E-state index contributed by atoms with van der Waals surface area (Å²) in [7, 11) is 0. The normalized spacial score (nSPS) is 15.4. The number of benzene rings is 1. The summed E-state index contributed by atoms with van der Waals surface area (Å²) < 4.78 is 0. The fourth-order valence-corrected chi connectivity index (χ4v) is 3.04. The van der Waals surface area contributed by atoms with Crippen LogP contribution in [0.1, 0.15) is 24.0 Å². The minimum atomic E-state index is -0.673. The maximum absolute atomic E-state index is 12.1. The third-order valence-corrected chi connectivity index (χ3v) is 4.53. The SMILES string of the molecule is Cc1ccc(NC(=O)C(=O)NC2CCN(Cc3ccccc3)CC2)nc1. The fraction of sp³-hybridized carbons (Fsp3) is 0.350. The second-order valence-corrected chi connectivity index (χ2v) is 6.68. The summed E-state index contributed by atoms with van der Waals surface area (Å²) in [6.45, 7) is 4.64. The zero-order valence-electron chi connectivity index (χ0n) is 14.9. The zero-order chi connectivity index (χ0) is 18.4. The number of nitrogens with zero attached hydrogens (tertiary/aromatic N) is 2. The van der Waals surface area contributed by atoms with Crippen molar-refractivity contribution in [2.45, 2.75) is 32.4 Å². The molecule has 3 rings (SSSR count). The Bertz CT molecular complexity index is 738. The van der Waals surface area contributed by atoms with Gasteiger partial charge < -0.3 is 10.6 Å². The smallest absolute Gasteiger partial charge is 0.314 e. The van der Waals surface area contributed by atoms with E-state index >= 15 is 0 Å². The van der Waals surface area contributed by atoms with Gasteiger partial charge in [0.25, 0.3) is 0 Å². The Morgan fingerprint density at radius 2 is 1.81 bits per heavy atom. The topological polar surface area (TPSA) is 74.3 Å². The number of rotatable bonds is 4. The third kappa shape index (κ3) is 5.13. The molecule has 2 amide bonds. The Balaban J connectivity index is 1.42. The molecule has 0 atom stereocenters. The van der Waals surface area contributed by atoms with E-state index in [0.29, 0.717) is 5.82 Å². The molecule has 2 heterocycles. The van der Waals surface area contributed by atoms with Gasteiger partial charge >= 0.3 is 11.8 Å². The first-order chi connectivity index (χ1) is 12.6. The number of hydrogen-bond donors (Lipinski definition) is 2. The van der Waals surface area contributed by atoms with E-state index in [9.17, 15) is 9.59 Å². The lowest BCUT2D eigenvalue weighted by Gasteiger charge is -2.32. The number of aryl methyl sites for hydroxylation is 1. The lowest BCUT2D eigenvalue weighted by atomic mass is 10.0. The van der Waals surface area contributed by atoms with Gasteiger partial charge in [0.1, 0.15) is 5.82 Å². The number of hydrogen-bond acceptors (Lipinski definition) is 4. The predicted octanol–water partition coefficient (Wildman–Crippen LogP) is 2.11. The van der Waals surface area contributed by atoms with Crippen molar-refractivity contribution in [3.05, 3.63) is 59.8 Å². The molecule has 1 fully saturated rings. The van der Waals surface area contributed by atoms with Crippen molar-refractivity contribution in [2.24, 2.45) is 0 Å². The second kappa shape index (κ2) is 8.58. The van der Waals surface area contributed by atoms with Crippen LogP contribution in [0.5, 0.6) is 0 Å². The van der Waals surface area contributed by atoms with Gasteiger partial charge in [-0.2, -0.15) is 0 Å². The van der Waals surface area contributed by atoms with Gasteiger partial charge in [0.05, 0.1) is 0 Å². The first-order valence-electron chi connectivity index (χ1n) is 8.91. The minimum absolute atomic E-state index is 0.0336. The van der Waals surface area contributed by atoms with Crippen molar-refractivity contribution >= 4 is 17.6 Å². The van der Waals surface area contributed by atoms with E-state index in [2.05, 4.69) is 32.7 Å². The lowest BCUT2D eigenvalue weighted by Crippen LogP contribution is -2.47. The van der Waals surface area contributed by atoms with Crippen molar-refractivity contribution in [3.8, 4) is 0 Å². The summed E-state index contributed by atoms with van der Waals surface area (Å²) in [5.74, 6) is -0.893. The Kier molecular flexibility index (Phi) is 5.96. The number of aromatic nitrogens is 1. The first-order valence-corrected chi connectivity index (χ1v) is 8.91. The summed E-state index contributed by atoms with van der Waals surface area (Å²) in [4.78, 5) is 30.5. The predicted molar refractivity (Wildman–Crippen MR) is 100 cm³/mol. The standard InChI is InChI=1S/C20H24N4O2/c1-15-7-8-18(21-13-15)23-20(26)19(25)22-17-9-11-24(12-10-17)14-16-5-3-2-4-6-16/h2-8,13,17H,9-12,14H2,1H3,(H,22,25)(H,21,23,26). The molecule has 2 N–H and O–H groups in total. The highest BCUT2D eigenvalue weighted by Crippen LogP contribution is 2.14. The molecule has 1 aliphatic heterocycles. The molecule has 26 heavy (non-hydrogen) atoms. The molecule has 0 spiro atoms. The van der Waals surface area contributed by atoms with Gasteiger partial charge in [-0.1, -0.05) is 36.4 Å². The van der Waals surface area contributed by atoms with E-state index in [0.717, 1.165) is 38.0 Å². The van der Waals surface area contributed by atoms with Gasteiger partial charge in [-0.15, -0.1) is 0 Å². The van der Waals surface area contributed by atoms with Crippen LogP contribution in [-0.2, 0) is 16.1 Å². The number of amides is 2. The van der Waals surface area contributed by atoms with Crippen LogP contribution < -0.4 is 10.6 Å².